The Bertz CT molecular complexity index is 713. The lowest BCUT2D eigenvalue weighted by Gasteiger charge is -2.03. The standard InChI is InChI=1S/C12H10ClN3O5/c13-8-1-2-9(10(5-8)16(20)21)15-6-7(3-4-17)11(14-15)12(18)19/h1-2,5-6,17H,3-4H2,(H,18,19). The zero-order chi connectivity index (χ0) is 15.6. The highest BCUT2D eigenvalue weighted by Gasteiger charge is 2.21. The Morgan fingerprint density at radius 3 is 2.76 bits per heavy atom. The van der Waals surface area contributed by atoms with Crippen molar-refractivity contribution in [3.8, 4) is 5.69 Å². The molecule has 0 fully saturated rings. The van der Waals surface area contributed by atoms with Crippen LogP contribution in [0.1, 0.15) is 16.1 Å². The summed E-state index contributed by atoms with van der Waals surface area (Å²) in [5.41, 5.74) is -0.170. The summed E-state index contributed by atoms with van der Waals surface area (Å²) in [6, 6.07) is 3.98. The van der Waals surface area contributed by atoms with Gasteiger partial charge < -0.3 is 10.2 Å². The van der Waals surface area contributed by atoms with Crippen LogP contribution in [0.15, 0.2) is 24.4 Å². The number of carboxylic acid groups (broad SMARTS) is 1. The molecule has 1 aromatic carbocycles. The molecule has 21 heavy (non-hydrogen) atoms. The lowest BCUT2D eigenvalue weighted by molar-refractivity contribution is -0.384. The van der Waals surface area contributed by atoms with E-state index in [9.17, 15) is 14.9 Å². The molecule has 0 atom stereocenters. The molecule has 0 radical (unpaired) electrons. The van der Waals surface area contributed by atoms with Crippen molar-refractivity contribution >= 4 is 23.3 Å². The molecule has 0 saturated carbocycles. The van der Waals surface area contributed by atoms with Gasteiger partial charge in [0.1, 0.15) is 5.69 Å². The van der Waals surface area contributed by atoms with Crippen LogP contribution in [0.4, 0.5) is 5.69 Å². The summed E-state index contributed by atoms with van der Waals surface area (Å²) in [5.74, 6) is -1.27. The summed E-state index contributed by atoms with van der Waals surface area (Å²) in [7, 11) is 0. The van der Waals surface area contributed by atoms with Gasteiger partial charge in [0.05, 0.1) is 4.92 Å². The Labute approximate surface area is 123 Å². The van der Waals surface area contributed by atoms with Crippen molar-refractivity contribution in [3.05, 3.63) is 50.8 Å². The van der Waals surface area contributed by atoms with Crippen molar-refractivity contribution in [2.24, 2.45) is 0 Å². The highest BCUT2D eigenvalue weighted by Crippen LogP contribution is 2.27. The van der Waals surface area contributed by atoms with E-state index in [-0.39, 0.29) is 40.7 Å². The Balaban J connectivity index is 2.59. The molecule has 0 aliphatic rings. The third kappa shape index (κ3) is 3.01. The topological polar surface area (TPSA) is 118 Å². The van der Waals surface area contributed by atoms with Gasteiger partial charge in [-0.1, -0.05) is 11.6 Å². The molecule has 0 spiro atoms. The smallest absolute Gasteiger partial charge is 0.356 e. The molecule has 2 aromatic rings. The Kier molecular flexibility index (Phi) is 4.20. The van der Waals surface area contributed by atoms with E-state index in [0.29, 0.717) is 0 Å². The van der Waals surface area contributed by atoms with Crippen LogP contribution < -0.4 is 0 Å². The molecular formula is C12H10ClN3O5. The lowest BCUT2D eigenvalue weighted by Crippen LogP contribution is -2.04. The van der Waals surface area contributed by atoms with Gasteiger partial charge in [-0.05, 0) is 18.6 Å². The maximum atomic E-state index is 11.1. The molecule has 1 heterocycles. The van der Waals surface area contributed by atoms with E-state index in [1.54, 1.807) is 0 Å². The first-order valence-corrected chi connectivity index (χ1v) is 6.19. The monoisotopic (exact) mass is 311 g/mol. The maximum absolute atomic E-state index is 11.1. The minimum absolute atomic E-state index is 0.0863. The molecule has 0 aliphatic heterocycles. The van der Waals surface area contributed by atoms with Crippen LogP contribution in [0.2, 0.25) is 5.02 Å². The minimum Gasteiger partial charge on any atom is -0.476 e. The van der Waals surface area contributed by atoms with Crippen molar-refractivity contribution in [3.63, 3.8) is 0 Å². The lowest BCUT2D eigenvalue weighted by atomic mass is 10.2. The van der Waals surface area contributed by atoms with Crippen molar-refractivity contribution in [2.45, 2.75) is 6.42 Å². The molecule has 0 bridgehead atoms. The highest BCUT2D eigenvalue weighted by atomic mass is 35.5. The van der Waals surface area contributed by atoms with Crippen LogP contribution in [0.3, 0.4) is 0 Å². The van der Waals surface area contributed by atoms with Crippen LogP contribution in [-0.4, -0.2) is 37.5 Å². The third-order valence-corrected chi connectivity index (χ3v) is 2.99. The third-order valence-electron chi connectivity index (χ3n) is 2.75. The summed E-state index contributed by atoms with van der Waals surface area (Å²) in [6.45, 7) is -0.255. The van der Waals surface area contributed by atoms with Crippen molar-refractivity contribution in [2.75, 3.05) is 6.61 Å². The largest absolute Gasteiger partial charge is 0.476 e. The second-order valence-electron chi connectivity index (χ2n) is 4.12. The van der Waals surface area contributed by atoms with E-state index >= 15 is 0 Å². The van der Waals surface area contributed by atoms with Crippen LogP contribution in [-0.2, 0) is 6.42 Å². The van der Waals surface area contributed by atoms with Gasteiger partial charge in [0.25, 0.3) is 5.69 Å². The Morgan fingerprint density at radius 1 is 1.48 bits per heavy atom. The van der Waals surface area contributed by atoms with Crippen LogP contribution in [0.25, 0.3) is 5.69 Å². The Hall–Kier alpha value is -2.45. The second kappa shape index (κ2) is 5.90. The molecule has 1 aromatic heterocycles. The summed E-state index contributed by atoms with van der Waals surface area (Å²) in [4.78, 5) is 21.5. The summed E-state index contributed by atoms with van der Waals surface area (Å²) < 4.78 is 1.10. The number of nitrogens with zero attached hydrogens (tertiary/aromatic N) is 3. The number of benzene rings is 1. The fraction of sp³-hybridized carbons (Fsp3) is 0.167. The van der Waals surface area contributed by atoms with Gasteiger partial charge >= 0.3 is 5.97 Å². The zero-order valence-corrected chi connectivity index (χ0v) is 11.3. The van der Waals surface area contributed by atoms with Gasteiger partial charge in [0, 0.05) is 29.5 Å². The van der Waals surface area contributed by atoms with Crippen molar-refractivity contribution in [1.82, 2.24) is 9.78 Å². The number of carboxylic acids is 1. The van der Waals surface area contributed by atoms with Gasteiger partial charge in [-0.2, -0.15) is 5.10 Å². The number of hydrogen-bond acceptors (Lipinski definition) is 5. The number of nitro groups is 1. The van der Waals surface area contributed by atoms with Gasteiger partial charge in [-0.25, -0.2) is 9.48 Å². The van der Waals surface area contributed by atoms with Crippen LogP contribution >= 0.6 is 11.6 Å². The van der Waals surface area contributed by atoms with Gasteiger partial charge in [0.2, 0.25) is 0 Å². The van der Waals surface area contributed by atoms with E-state index < -0.39 is 10.9 Å². The first-order valence-electron chi connectivity index (χ1n) is 5.81. The fourth-order valence-electron chi connectivity index (χ4n) is 1.85. The number of nitro benzene ring substituents is 1. The highest BCUT2D eigenvalue weighted by molar-refractivity contribution is 6.30. The second-order valence-corrected chi connectivity index (χ2v) is 4.55. The first-order chi connectivity index (χ1) is 9.93. The molecule has 0 amide bonds. The van der Waals surface area contributed by atoms with Crippen molar-refractivity contribution < 1.29 is 19.9 Å². The van der Waals surface area contributed by atoms with E-state index in [4.69, 9.17) is 21.8 Å². The van der Waals surface area contributed by atoms with Crippen LogP contribution in [0, 0.1) is 10.1 Å². The maximum Gasteiger partial charge on any atom is 0.356 e. The summed E-state index contributed by atoms with van der Waals surface area (Å²) in [6.07, 6.45) is 1.43. The SMILES string of the molecule is O=C(O)c1nn(-c2ccc(Cl)cc2[N+](=O)[O-])cc1CCO. The summed E-state index contributed by atoms with van der Waals surface area (Å²) in [5, 5.41) is 33.1. The van der Waals surface area contributed by atoms with E-state index in [1.807, 2.05) is 0 Å². The summed E-state index contributed by atoms with van der Waals surface area (Å²) >= 11 is 5.72. The molecule has 0 aliphatic carbocycles. The number of aliphatic hydroxyl groups is 1. The Morgan fingerprint density at radius 2 is 2.19 bits per heavy atom. The van der Waals surface area contributed by atoms with E-state index in [1.165, 1.54) is 18.3 Å². The quantitative estimate of drug-likeness (QED) is 0.640. The number of hydrogen-bond donors (Lipinski definition) is 2. The fourth-order valence-corrected chi connectivity index (χ4v) is 2.02. The molecule has 0 saturated heterocycles. The predicted octanol–water partition coefficient (Wildman–Crippen LogP) is 1.67. The molecule has 0 unspecified atom stereocenters. The van der Waals surface area contributed by atoms with E-state index in [2.05, 4.69) is 5.10 Å². The molecule has 2 rings (SSSR count). The van der Waals surface area contributed by atoms with Gasteiger partial charge in [-0.15, -0.1) is 0 Å². The average molecular weight is 312 g/mol. The number of halogens is 1. The van der Waals surface area contributed by atoms with Crippen molar-refractivity contribution in [1.29, 1.82) is 0 Å². The molecule has 2 N–H and O–H groups in total. The minimum atomic E-state index is -1.27. The first kappa shape index (κ1) is 14.9. The number of aromatic nitrogens is 2. The molecular weight excluding hydrogens is 302 g/mol. The van der Waals surface area contributed by atoms with E-state index in [0.717, 1.165) is 10.7 Å². The number of rotatable bonds is 5. The number of aliphatic hydroxyl groups excluding tert-OH is 1. The van der Waals surface area contributed by atoms with Crippen LogP contribution in [0.5, 0.6) is 0 Å². The number of aromatic carboxylic acids is 1. The molecule has 8 nitrogen and oxygen atoms in total. The molecule has 9 heteroatoms. The number of carbonyl (C=O) groups is 1. The van der Waals surface area contributed by atoms with Gasteiger partial charge in [0.15, 0.2) is 5.69 Å². The molecule has 110 valence electrons. The predicted molar refractivity (Wildman–Crippen MR) is 73.0 cm³/mol. The average Bonchev–Trinajstić information content (AvgIpc) is 2.83. The normalized spacial score (nSPS) is 10.6. The van der Waals surface area contributed by atoms with Gasteiger partial charge in [-0.3, -0.25) is 10.1 Å². The zero-order valence-electron chi connectivity index (χ0n) is 10.6.